The van der Waals surface area contributed by atoms with E-state index in [4.69, 9.17) is 0 Å². The number of fused-ring (bicyclic) bond motifs is 3. The second kappa shape index (κ2) is 7.04. The van der Waals surface area contributed by atoms with E-state index in [2.05, 4.69) is 16.8 Å². The summed E-state index contributed by atoms with van der Waals surface area (Å²) in [5.74, 6) is 0.163. The first-order chi connectivity index (χ1) is 13.0. The lowest BCUT2D eigenvalue weighted by Gasteiger charge is -2.33. The third-order valence-electron chi connectivity index (χ3n) is 5.94. The minimum Gasteiger partial charge on any atom is -0.358 e. The van der Waals surface area contributed by atoms with Crippen LogP contribution in [0.25, 0.3) is 10.9 Å². The molecular formula is C20H27N3O3S. The Morgan fingerprint density at radius 1 is 1.07 bits per heavy atom. The number of Topliss-reactive ketones (excluding diaryl/α,β-unsaturated/α-hetero) is 1. The van der Waals surface area contributed by atoms with Crippen molar-refractivity contribution in [3.63, 3.8) is 0 Å². The topological polar surface area (TPSA) is 73.5 Å². The number of hydrogen-bond acceptors (Lipinski definition) is 4. The molecule has 1 saturated heterocycles. The van der Waals surface area contributed by atoms with Gasteiger partial charge in [-0.2, -0.15) is 4.31 Å². The number of H-pyrrole nitrogens is 1. The largest absolute Gasteiger partial charge is 0.358 e. The van der Waals surface area contributed by atoms with Crippen molar-refractivity contribution in [3.05, 3.63) is 29.0 Å². The molecular weight excluding hydrogens is 362 g/mol. The summed E-state index contributed by atoms with van der Waals surface area (Å²) < 4.78 is 28.3. The summed E-state index contributed by atoms with van der Waals surface area (Å²) in [4.78, 5) is 18.4. The lowest BCUT2D eigenvalue weighted by atomic mass is 9.94. The van der Waals surface area contributed by atoms with E-state index in [0.717, 1.165) is 60.2 Å². The van der Waals surface area contributed by atoms with E-state index < -0.39 is 10.0 Å². The number of aryl methyl sites for hydroxylation is 2. The number of nitrogens with zero attached hydrogens (tertiary/aromatic N) is 2. The van der Waals surface area contributed by atoms with E-state index in [9.17, 15) is 13.2 Å². The van der Waals surface area contributed by atoms with E-state index in [1.165, 1.54) is 0 Å². The minimum atomic E-state index is -3.54. The number of aromatic nitrogens is 1. The average molecular weight is 390 g/mol. The maximum absolute atomic E-state index is 13.3. The highest BCUT2D eigenvalue weighted by molar-refractivity contribution is 7.89. The zero-order valence-corrected chi connectivity index (χ0v) is 16.9. The fourth-order valence-electron chi connectivity index (χ4n) is 4.32. The van der Waals surface area contributed by atoms with Crippen LogP contribution in [0.4, 0.5) is 0 Å². The Bertz CT molecular complexity index is 986. The van der Waals surface area contributed by atoms with Crippen LogP contribution in [-0.4, -0.2) is 61.1 Å². The molecule has 0 spiro atoms. The summed E-state index contributed by atoms with van der Waals surface area (Å²) in [6.07, 6.45) is 2.89. The summed E-state index contributed by atoms with van der Waals surface area (Å²) in [6, 6.07) is 3.67. The molecule has 1 aromatic carbocycles. The molecule has 0 radical (unpaired) electrons. The number of carbonyl (C=O) groups excluding carboxylic acids is 1. The van der Waals surface area contributed by atoms with Crippen LogP contribution in [0.1, 0.15) is 48.3 Å². The Morgan fingerprint density at radius 2 is 1.81 bits per heavy atom. The summed E-state index contributed by atoms with van der Waals surface area (Å²) in [6.45, 7) is 7.60. The van der Waals surface area contributed by atoms with Crippen molar-refractivity contribution in [2.24, 2.45) is 0 Å². The standard InChI is InChI=1S/C20H27N3O3S/c1-3-14-12-15-17(21-16-6-5-7-18(24)20(15)16)13-19(14)27(25,26)23-10-8-22(4-2)9-11-23/h12-13,21H,3-11H2,1-2H3. The van der Waals surface area contributed by atoms with Gasteiger partial charge in [-0.15, -0.1) is 0 Å². The number of carbonyl (C=O) groups is 1. The molecule has 4 rings (SSSR count). The third-order valence-corrected chi connectivity index (χ3v) is 7.92. The molecule has 1 fully saturated rings. The predicted octanol–water partition coefficient (Wildman–Crippen LogP) is 2.58. The average Bonchev–Trinajstić information content (AvgIpc) is 3.05. The summed E-state index contributed by atoms with van der Waals surface area (Å²) in [5.41, 5.74) is 3.28. The van der Waals surface area contributed by atoms with Gasteiger partial charge in [-0.25, -0.2) is 8.42 Å². The number of rotatable bonds is 4. The van der Waals surface area contributed by atoms with Gasteiger partial charge in [0, 0.05) is 54.8 Å². The molecule has 0 amide bonds. The fraction of sp³-hybridized carbons (Fsp3) is 0.550. The highest BCUT2D eigenvalue weighted by Gasteiger charge is 2.31. The van der Waals surface area contributed by atoms with Crippen LogP contribution < -0.4 is 0 Å². The molecule has 1 N–H and O–H groups in total. The maximum Gasteiger partial charge on any atom is 0.243 e. The third kappa shape index (κ3) is 3.11. The summed E-state index contributed by atoms with van der Waals surface area (Å²) in [7, 11) is -3.54. The smallest absolute Gasteiger partial charge is 0.243 e. The number of hydrogen-bond donors (Lipinski definition) is 1. The monoisotopic (exact) mass is 389 g/mol. The molecule has 0 unspecified atom stereocenters. The first-order valence-electron chi connectivity index (χ1n) is 9.88. The van der Waals surface area contributed by atoms with E-state index in [1.54, 1.807) is 10.4 Å². The Morgan fingerprint density at radius 3 is 2.48 bits per heavy atom. The van der Waals surface area contributed by atoms with Gasteiger partial charge < -0.3 is 9.88 Å². The van der Waals surface area contributed by atoms with Crippen molar-refractivity contribution < 1.29 is 13.2 Å². The molecule has 2 heterocycles. The predicted molar refractivity (Wildman–Crippen MR) is 106 cm³/mol. The van der Waals surface area contributed by atoms with Crippen LogP contribution in [0.5, 0.6) is 0 Å². The van der Waals surface area contributed by atoms with Gasteiger partial charge in [0.1, 0.15) is 0 Å². The van der Waals surface area contributed by atoms with E-state index in [-0.39, 0.29) is 5.78 Å². The second-order valence-electron chi connectivity index (χ2n) is 7.45. The van der Waals surface area contributed by atoms with Crippen LogP contribution in [0.2, 0.25) is 0 Å². The molecule has 7 heteroatoms. The van der Waals surface area contributed by atoms with Gasteiger partial charge in [0.2, 0.25) is 10.0 Å². The number of ketones is 1. The molecule has 146 valence electrons. The Hall–Kier alpha value is -1.70. The zero-order valence-electron chi connectivity index (χ0n) is 16.0. The number of nitrogens with one attached hydrogen (secondary N) is 1. The molecule has 0 saturated carbocycles. The van der Waals surface area contributed by atoms with E-state index >= 15 is 0 Å². The Kier molecular flexibility index (Phi) is 4.86. The van der Waals surface area contributed by atoms with Crippen LogP contribution in [0, 0.1) is 0 Å². The van der Waals surface area contributed by atoms with Crippen molar-refractivity contribution in [2.75, 3.05) is 32.7 Å². The SMILES string of the molecule is CCc1cc2c3c([nH]c2cc1S(=O)(=O)N1CCN(CC)CC1)CCCC3=O. The lowest BCUT2D eigenvalue weighted by molar-refractivity contribution is 0.0974. The first-order valence-corrected chi connectivity index (χ1v) is 11.3. The van der Waals surface area contributed by atoms with Crippen molar-refractivity contribution in [1.82, 2.24) is 14.2 Å². The number of likely N-dealkylation sites (N-methyl/N-ethyl adjacent to an activating group) is 1. The maximum atomic E-state index is 13.3. The molecule has 0 atom stereocenters. The molecule has 1 aliphatic carbocycles. The van der Waals surface area contributed by atoms with E-state index in [0.29, 0.717) is 30.8 Å². The zero-order chi connectivity index (χ0) is 19.2. The Balaban J connectivity index is 1.78. The second-order valence-corrected chi connectivity index (χ2v) is 9.36. The van der Waals surface area contributed by atoms with Crippen LogP contribution >= 0.6 is 0 Å². The summed E-state index contributed by atoms with van der Waals surface area (Å²) >= 11 is 0. The van der Waals surface area contributed by atoms with Crippen LogP contribution in [0.15, 0.2) is 17.0 Å². The molecule has 1 aliphatic heterocycles. The fourth-order valence-corrected chi connectivity index (χ4v) is 6.04. The number of benzene rings is 1. The quantitative estimate of drug-likeness (QED) is 0.872. The normalized spacial score (nSPS) is 19.6. The van der Waals surface area contributed by atoms with Gasteiger partial charge in [-0.1, -0.05) is 13.8 Å². The van der Waals surface area contributed by atoms with Crippen LogP contribution in [-0.2, 0) is 22.9 Å². The minimum absolute atomic E-state index is 0.163. The first kappa shape index (κ1) is 18.7. The van der Waals surface area contributed by atoms with Gasteiger partial charge in [-0.05, 0) is 43.5 Å². The van der Waals surface area contributed by atoms with Gasteiger partial charge in [0.25, 0.3) is 0 Å². The highest BCUT2D eigenvalue weighted by Crippen LogP contribution is 2.33. The molecule has 2 aromatic rings. The summed E-state index contributed by atoms with van der Waals surface area (Å²) in [5, 5.41) is 0.876. The van der Waals surface area contributed by atoms with Crippen LogP contribution in [0.3, 0.4) is 0 Å². The van der Waals surface area contributed by atoms with Gasteiger partial charge in [0.05, 0.1) is 4.90 Å². The van der Waals surface area contributed by atoms with E-state index in [1.807, 2.05) is 13.0 Å². The molecule has 2 aliphatic rings. The lowest BCUT2D eigenvalue weighted by Crippen LogP contribution is -2.48. The van der Waals surface area contributed by atoms with Gasteiger partial charge in [0.15, 0.2) is 5.78 Å². The van der Waals surface area contributed by atoms with Crippen molar-refractivity contribution >= 4 is 26.7 Å². The van der Waals surface area contributed by atoms with Gasteiger partial charge in [-0.3, -0.25) is 4.79 Å². The molecule has 6 nitrogen and oxygen atoms in total. The van der Waals surface area contributed by atoms with Crippen molar-refractivity contribution in [1.29, 1.82) is 0 Å². The van der Waals surface area contributed by atoms with Crippen molar-refractivity contribution in [3.8, 4) is 0 Å². The molecule has 27 heavy (non-hydrogen) atoms. The Labute approximate surface area is 160 Å². The number of piperazine rings is 1. The van der Waals surface area contributed by atoms with Gasteiger partial charge >= 0.3 is 0 Å². The van der Waals surface area contributed by atoms with Crippen molar-refractivity contribution in [2.45, 2.75) is 44.4 Å². The number of aromatic amines is 1. The molecule has 0 bridgehead atoms. The number of sulfonamides is 1. The highest BCUT2D eigenvalue weighted by atomic mass is 32.2. The molecule has 1 aromatic heterocycles.